The van der Waals surface area contributed by atoms with E-state index in [0.29, 0.717) is 21.9 Å². The van der Waals surface area contributed by atoms with Crippen molar-refractivity contribution in [2.24, 2.45) is 0 Å². The fraction of sp³-hybridized carbons (Fsp3) is 0.529. The monoisotopic (exact) mass is 396 g/mol. The summed E-state index contributed by atoms with van der Waals surface area (Å²) in [5.74, 6) is -0.427. The lowest BCUT2D eigenvalue weighted by molar-refractivity contribution is -0.119. The van der Waals surface area contributed by atoms with E-state index >= 15 is 0 Å². The number of nitrogens with zero attached hydrogens (tertiary/aromatic N) is 2. The van der Waals surface area contributed by atoms with Gasteiger partial charge in [0.1, 0.15) is 4.83 Å². The highest BCUT2D eigenvalue weighted by Gasteiger charge is 2.22. The molecule has 0 bridgehead atoms. The third-order valence-electron chi connectivity index (χ3n) is 4.10. The van der Waals surface area contributed by atoms with E-state index in [1.807, 2.05) is 13.8 Å². The maximum absolute atomic E-state index is 13.0. The minimum absolute atomic E-state index is 0.0632. The molecule has 26 heavy (non-hydrogen) atoms. The first-order valence-corrected chi connectivity index (χ1v) is 10.2. The maximum atomic E-state index is 13.0. The smallest absolute Gasteiger partial charge is 0.321 e. The average molecular weight is 397 g/mol. The van der Waals surface area contributed by atoms with Crippen LogP contribution >= 0.6 is 23.1 Å². The minimum atomic E-state index is -0.563. The van der Waals surface area contributed by atoms with E-state index in [-0.39, 0.29) is 5.56 Å². The number of hydrogen-bond donors (Lipinski definition) is 2. The molecule has 9 heteroatoms. The van der Waals surface area contributed by atoms with Gasteiger partial charge in [0.05, 0.1) is 10.6 Å². The maximum Gasteiger partial charge on any atom is 0.321 e. The van der Waals surface area contributed by atoms with Crippen LogP contribution in [-0.4, -0.2) is 33.8 Å². The van der Waals surface area contributed by atoms with Gasteiger partial charge in [0.15, 0.2) is 5.16 Å². The molecule has 0 spiro atoms. The van der Waals surface area contributed by atoms with E-state index in [1.165, 1.54) is 30.1 Å². The Hall–Kier alpha value is -1.87. The molecular weight excluding hydrogens is 372 g/mol. The number of rotatable bonds is 6. The van der Waals surface area contributed by atoms with Crippen LogP contribution in [0.5, 0.6) is 0 Å². The number of fused-ring (bicyclic) bond motifs is 1. The fourth-order valence-electron chi connectivity index (χ4n) is 2.40. The van der Waals surface area contributed by atoms with Crippen molar-refractivity contribution in [2.45, 2.75) is 57.5 Å². The van der Waals surface area contributed by atoms with Gasteiger partial charge in [-0.05, 0) is 32.8 Å². The Morgan fingerprint density at radius 3 is 2.65 bits per heavy atom. The number of carbonyl (C=O) groups excluding carboxylic acids is 2. The lowest BCUT2D eigenvalue weighted by Crippen LogP contribution is -2.41. The van der Waals surface area contributed by atoms with Crippen LogP contribution in [-0.2, 0) is 11.3 Å². The van der Waals surface area contributed by atoms with Crippen LogP contribution < -0.4 is 16.2 Å². The lowest BCUT2D eigenvalue weighted by Gasteiger charge is -2.15. The summed E-state index contributed by atoms with van der Waals surface area (Å²) < 4.78 is 1.65. The molecule has 0 saturated heterocycles. The number of urea groups is 1. The molecule has 1 atom stereocenters. The van der Waals surface area contributed by atoms with Crippen LogP contribution in [0.3, 0.4) is 0 Å². The second kappa shape index (κ2) is 8.68. The first-order valence-electron chi connectivity index (χ1n) is 8.49. The van der Waals surface area contributed by atoms with Crippen LogP contribution in [0, 0.1) is 13.8 Å². The highest BCUT2D eigenvalue weighted by atomic mass is 32.2. The van der Waals surface area contributed by atoms with E-state index in [2.05, 4.69) is 22.5 Å². The zero-order chi connectivity index (χ0) is 19.4. The van der Waals surface area contributed by atoms with Crippen molar-refractivity contribution in [2.75, 3.05) is 7.05 Å². The summed E-state index contributed by atoms with van der Waals surface area (Å²) in [4.78, 5) is 42.9. The van der Waals surface area contributed by atoms with Gasteiger partial charge in [0, 0.05) is 18.5 Å². The minimum Gasteiger partial charge on any atom is -0.341 e. The number of nitrogens with one attached hydrogen (secondary N) is 2. The summed E-state index contributed by atoms with van der Waals surface area (Å²) >= 11 is 2.68. The quantitative estimate of drug-likeness (QED) is 0.578. The predicted molar refractivity (Wildman–Crippen MR) is 106 cm³/mol. The number of imide groups is 1. The van der Waals surface area contributed by atoms with E-state index < -0.39 is 17.2 Å². The molecule has 0 unspecified atom stereocenters. The van der Waals surface area contributed by atoms with Crippen molar-refractivity contribution >= 4 is 45.3 Å². The number of hydrogen-bond acceptors (Lipinski definition) is 6. The van der Waals surface area contributed by atoms with Gasteiger partial charge in [-0.3, -0.25) is 19.5 Å². The zero-order valence-corrected chi connectivity index (χ0v) is 17.3. The first-order chi connectivity index (χ1) is 12.3. The van der Waals surface area contributed by atoms with Gasteiger partial charge in [-0.15, -0.1) is 11.3 Å². The molecule has 2 heterocycles. The standard InChI is InChI=1S/C17H24N4O3S2/c1-6-7-8-21-15(23)12-9(2)10(3)25-14(12)20-17(21)26-11(4)13(22)19-16(24)18-5/h11H,6-8H2,1-5H3,(H2,18,19,22,24)/t11-/m0/s1. The zero-order valence-electron chi connectivity index (χ0n) is 15.6. The molecule has 2 aromatic heterocycles. The largest absolute Gasteiger partial charge is 0.341 e. The van der Waals surface area contributed by atoms with Gasteiger partial charge >= 0.3 is 6.03 Å². The highest BCUT2D eigenvalue weighted by molar-refractivity contribution is 8.00. The molecule has 0 fully saturated rings. The fourth-order valence-corrected chi connectivity index (χ4v) is 4.40. The van der Waals surface area contributed by atoms with E-state index in [9.17, 15) is 14.4 Å². The van der Waals surface area contributed by atoms with E-state index in [1.54, 1.807) is 11.5 Å². The Morgan fingerprint density at radius 2 is 2.04 bits per heavy atom. The molecule has 2 aromatic rings. The Balaban J connectivity index is 2.42. The number of aryl methyl sites for hydroxylation is 2. The Kier molecular flexibility index (Phi) is 6.82. The van der Waals surface area contributed by atoms with Crippen LogP contribution in [0.1, 0.15) is 37.1 Å². The molecular formula is C17H24N4O3S2. The van der Waals surface area contributed by atoms with Gasteiger partial charge in [0.2, 0.25) is 5.91 Å². The Labute approximate surface area is 160 Å². The second-order valence-electron chi connectivity index (χ2n) is 6.00. The van der Waals surface area contributed by atoms with Gasteiger partial charge in [-0.1, -0.05) is 25.1 Å². The number of thiophene rings is 1. The Bertz CT molecular complexity index is 888. The second-order valence-corrected chi connectivity index (χ2v) is 8.51. The molecule has 0 saturated carbocycles. The Morgan fingerprint density at radius 1 is 1.35 bits per heavy atom. The predicted octanol–water partition coefficient (Wildman–Crippen LogP) is 2.81. The van der Waals surface area contributed by atoms with Crippen molar-refractivity contribution < 1.29 is 9.59 Å². The molecule has 2 rings (SSSR count). The molecule has 0 aliphatic rings. The van der Waals surface area contributed by atoms with Crippen molar-refractivity contribution in [3.05, 3.63) is 20.8 Å². The first kappa shape index (κ1) is 20.4. The number of unbranched alkanes of at least 4 members (excludes halogenated alkanes) is 1. The third-order valence-corrected chi connectivity index (χ3v) is 6.30. The number of aromatic nitrogens is 2. The van der Waals surface area contributed by atoms with Gasteiger partial charge < -0.3 is 5.32 Å². The molecule has 142 valence electrons. The van der Waals surface area contributed by atoms with Gasteiger partial charge in [0.25, 0.3) is 5.56 Å². The summed E-state index contributed by atoms with van der Waals surface area (Å²) in [5.41, 5.74) is 0.904. The van der Waals surface area contributed by atoms with Gasteiger partial charge in [-0.2, -0.15) is 0 Å². The average Bonchev–Trinajstić information content (AvgIpc) is 2.88. The molecule has 0 radical (unpaired) electrons. The number of carbonyl (C=O) groups is 2. The SMILES string of the molecule is CCCCn1c(S[C@@H](C)C(=O)NC(=O)NC)nc2sc(C)c(C)c2c1=O. The summed E-state index contributed by atoms with van der Waals surface area (Å²) in [6.07, 6.45) is 1.80. The normalized spacial score (nSPS) is 12.2. The number of amides is 3. The van der Waals surface area contributed by atoms with Crippen molar-refractivity contribution in [1.82, 2.24) is 20.2 Å². The highest BCUT2D eigenvalue weighted by Crippen LogP contribution is 2.29. The molecule has 0 aliphatic heterocycles. The topological polar surface area (TPSA) is 93.1 Å². The molecule has 7 nitrogen and oxygen atoms in total. The molecule has 3 amide bonds. The van der Waals surface area contributed by atoms with Crippen LogP contribution in [0.2, 0.25) is 0 Å². The van der Waals surface area contributed by atoms with Crippen molar-refractivity contribution in [3.63, 3.8) is 0 Å². The van der Waals surface area contributed by atoms with Gasteiger partial charge in [-0.25, -0.2) is 9.78 Å². The van der Waals surface area contributed by atoms with E-state index in [0.717, 1.165) is 23.3 Å². The van der Waals surface area contributed by atoms with Crippen LogP contribution in [0.25, 0.3) is 10.2 Å². The van der Waals surface area contributed by atoms with Crippen LogP contribution in [0.4, 0.5) is 4.79 Å². The number of thioether (sulfide) groups is 1. The third kappa shape index (κ3) is 4.27. The summed E-state index contributed by atoms with van der Waals surface area (Å²) in [6.45, 7) is 8.22. The van der Waals surface area contributed by atoms with Crippen LogP contribution in [0.15, 0.2) is 9.95 Å². The molecule has 0 aromatic carbocycles. The van der Waals surface area contributed by atoms with Crippen molar-refractivity contribution in [1.29, 1.82) is 0 Å². The van der Waals surface area contributed by atoms with E-state index in [4.69, 9.17) is 0 Å². The van der Waals surface area contributed by atoms with Crippen molar-refractivity contribution in [3.8, 4) is 0 Å². The summed E-state index contributed by atoms with van der Waals surface area (Å²) in [7, 11) is 1.44. The lowest BCUT2D eigenvalue weighted by atomic mass is 10.2. The summed E-state index contributed by atoms with van der Waals surface area (Å²) in [6, 6.07) is -0.557. The summed E-state index contributed by atoms with van der Waals surface area (Å²) in [5, 5.41) is 5.21. The molecule has 0 aliphatic carbocycles. The molecule has 2 N–H and O–H groups in total.